The molecule has 14 heteroatoms. The molecule has 0 aliphatic carbocycles. The van der Waals surface area contributed by atoms with Gasteiger partial charge in [-0.25, -0.2) is 8.42 Å². The van der Waals surface area contributed by atoms with Crippen LogP contribution in [-0.2, 0) is 38.8 Å². The Balaban J connectivity index is 1.89. The topological polar surface area (TPSA) is 86.8 Å². The number of sulfonamides is 1. The van der Waals surface area contributed by atoms with Crippen LogP contribution in [0.5, 0.6) is 0 Å². The van der Waals surface area contributed by atoms with Gasteiger partial charge in [-0.2, -0.15) is 13.2 Å². The molecule has 4 rings (SSSR count). The Kier molecular flexibility index (Phi) is 12.9. The first kappa shape index (κ1) is 39.0. The summed E-state index contributed by atoms with van der Waals surface area (Å²) in [5, 5.41) is 2.78. The second kappa shape index (κ2) is 16.5. The van der Waals surface area contributed by atoms with Gasteiger partial charge in [-0.05, 0) is 73.9 Å². The van der Waals surface area contributed by atoms with E-state index in [1.807, 2.05) is 6.92 Å². The van der Waals surface area contributed by atoms with Crippen molar-refractivity contribution < 1.29 is 31.2 Å². The van der Waals surface area contributed by atoms with Gasteiger partial charge in [0.05, 0.1) is 21.2 Å². The first-order valence-corrected chi connectivity index (χ1v) is 18.1. The van der Waals surface area contributed by atoms with E-state index < -0.39 is 56.9 Å². The summed E-state index contributed by atoms with van der Waals surface area (Å²) in [6, 6.07) is 20.3. The predicted octanol–water partition coefficient (Wildman–Crippen LogP) is 8.72. The van der Waals surface area contributed by atoms with Crippen molar-refractivity contribution in [2.45, 2.75) is 63.3 Å². The fourth-order valence-corrected chi connectivity index (χ4v) is 7.18. The van der Waals surface area contributed by atoms with Crippen LogP contribution in [0.4, 0.5) is 18.9 Å². The highest BCUT2D eigenvalue weighted by molar-refractivity contribution is 7.92. The number of halogens is 6. The number of carbonyl (C=O) groups excluding carboxylic acids is 2. The molecule has 0 fully saturated rings. The molecule has 0 aliphatic heterocycles. The monoisotopic (exact) mass is 767 g/mol. The molecule has 266 valence electrons. The fraction of sp³-hybridized carbons (Fsp3) is 0.278. The van der Waals surface area contributed by atoms with E-state index in [-0.39, 0.29) is 28.9 Å². The lowest BCUT2D eigenvalue weighted by atomic mass is 10.0. The van der Waals surface area contributed by atoms with Crippen molar-refractivity contribution >= 4 is 62.3 Å². The number of aryl methyl sites for hydroxylation is 1. The predicted molar refractivity (Wildman–Crippen MR) is 191 cm³/mol. The van der Waals surface area contributed by atoms with E-state index in [1.54, 1.807) is 56.3 Å². The maximum absolute atomic E-state index is 14.6. The lowest BCUT2D eigenvalue weighted by Crippen LogP contribution is -2.54. The molecule has 0 radical (unpaired) electrons. The molecule has 4 aromatic carbocycles. The van der Waals surface area contributed by atoms with Gasteiger partial charge in [0.25, 0.3) is 10.0 Å². The van der Waals surface area contributed by atoms with Crippen LogP contribution in [-0.4, -0.2) is 43.8 Å². The molecule has 0 aromatic heterocycles. The number of carbonyl (C=O) groups is 2. The molecule has 2 atom stereocenters. The zero-order valence-electron chi connectivity index (χ0n) is 27.3. The summed E-state index contributed by atoms with van der Waals surface area (Å²) in [7, 11) is -4.66. The molecular formula is C36H35Cl3F3N3O4S. The summed E-state index contributed by atoms with van der Waals surface area (Å²) in [5.74, 6) is -1.39. The third-order valence-corrected chi connectivity index (χ3v) is 10.8. The lowest BCUT2D eigenvalue weighted by molar-refractivity contribution is -0.140. The summed E-state index contributed by atoms with van der Waals surface area (Å²) in [4.78, 5) is 29.5. The van der Waals surface area contributed by atoms with Crippen LogP contribution in [0.1, 0.15) is 42.5 Å². The maximum Gasteiger partial charge on any atom is 0.417 e. The van der Waals surface area contributed by atoms with Crippen molar-refractivity contribution in [2.75, 3.05) is 10.8 Å². The van der Waals surface area contributed by atoms with Crippen LogP contribution >= 0.6 is 34.8 Å². The van der Waals surface area contributed by atoms with Crippen LogP contribution in [0.15, 0.2) is 95.9 Å². The van der Waals surface area contributed by atoms with Crippen molar-refractivity contribution in [1.29, 1.82) is 0 Å². The van der Waals surface area contributed by atoms with Gasteiger partial charge in [0.1, 0.15) is 12.6 Å². The average molecular weight is 769 g/mol. The normalized spacial score (nSPS) is 13.0. The number of hydrogen-bond donors (Lipinski definition) is 1. The third kappa shape index (κ3) is 9.72. The highest BCUT2D eigenvalue weighted by Crippen LogP contribution is 2.38. The molecular weight excluding hydrogens is 734 g/mol. The number of nitrogens with one attached hydrogen (secondary N) is 1. The zero-order chi connectivity index (χ0) is 36.8. The molecule has 0 saturated heterocycles. The van der Waals surface area contributed by atoms with E-state index in [4.69, 9.17) is 34.8 Å². The van der Waals surface area contributed by atoms with Crippen molar-refractivity contribution in [1.82, 2.24) is 10.2 Å². The third-order valence-electron chi connectivity index (χ3n) is 8.06. The quantitative estimate of drug-likeness (QED) is 0.148. The van der Waals surface area contributed by atoms with Crippen molar-refractivity contribution in [3.8, 4) is 0 Å². The van der Waals surface area contributed by atoms with E-state index in [1.165, 1.54) is 35.2 Å². The van der Waals surface area contributed by atoms with Crippen molar-refractivity contribution in [3.05, 3.63) is 128 Å². The van der Waals surface area contributed by atoms with E-state index in [2.05, 4.69) is 5.32 Å². The molecule has 0 bridgehead atoms. The molecule has 1 N–H and O–H groups in total. The minimum atomic E-state index is -4.93. The summed E-state index contributed by atoms with van der Waals surface area (Å²) >= 11 is 18.5. The van der Waals surface area contributed by atoms with Crippen molar-refractivity contribution in [2.24, 2.45) is 0 Å². The number of rotatable bonds is 13. The standard InChI is InChI=1S/C36H35Cl3F3N3O4S/c1-4-24(3)43-35(47)33(18-25-8-6-5-7-9-25)44(21-26-12-13-27(37)19-32(26)39)34(46)22-45(50(48,49)29-15-10-23(2)11-16-29)28-14-17-31(38)30(20-28)36(40,41)42/h5-17,19-20,24,33H,4,18,21-22H2,1-3H3,(H,43,47)/t24-,33-/m1/s1. The second-order valence-corrected chi connectivity index (χ2v) is 14.9. The van der Waals surface area contributed by atoms with Gasteiger partial charge in [0, 0.05) is 29.1 Å². The second-order valence-electron chi connectivity index (χ2n) is 11.8. The largest absolute Gasteiger partial charge is 0.417 e. The van der Waals surface area contributed by atoms with Crippen molar-refractivity contribution in [3.63, 3.8) is 0 Å². The van der Waals surface area contributed by atoms with Gasteiger partial charge >= 0.3 is 6.18 Å². The minimum Gasteiger partial charge on any atom is -0.352 e. The van der Waals surface area contributed by atoms with E-state index >= 15 is 0 Å². The molecule has 2 amide bonds. The molecule has 0 heterocycles. The Morgan fingerprint density at radius 2 is 1.54 bits per heavy atom. The first-order chi connectivity index (χ1) is 23.5. The molecule has 0 unspecified atom stereocenters. The highest BCUT2D eigenvalue weighted by atomic mass is 35.5. The van der Waals surface area contributed by atoms with E-state index in [0.717, 1.165) is 17.7 Å². The minimum absolute atomic E-state index is 0.0317. The lowest BCUT2D eigenvalue weighted by Gasteiger charge is -2.34. The smallest absolute Gasteiger partial charge is 0.352 e. The Bertz CT molecular complexity index is 1930. The average Bonchev–Trinajstić information content (AvgIpc) is 3.06. The summed E-state index contributed by atoms with van der Waals surface area (Å²) in [6.45, 7) is 4.19. The Hall–Kier alpha value is -3.77. The number of alkyl halides is 3. The van der Waals surface area contributed by atoms with Crippen LogP contribution in [0, 0.1) is 6.92 Å². The van der Waals surface area contributed by atoms with Gasteiger partial charge in [-0.15, -0.1) is 0 Å². The molecule has 0 saturated carbocycles. The highest BCUT2D eigenvalue weighted by Gasteiger charge is 2.38. The SMILES string of the molecule is CC[C@@H](C)NC(=O)[C@@H](Cc1ccccc1)N(Cc1ccc(Cl)cc1Cl)C(=O)CN(c1ccc(Cl)c(C(F)(F)F)c1)S(=O)(=O)c1ccc(C)cc1. The summed E-state index contributed by atoms with van der Waals surface area (Å²) in [6.07, 6.45) is -4.31. The van der Waals surface area contributed by atoms with Gasteiger partial charge in [-0.1, -0.05) is 95.8 Å². The molecule has 0 spiro atoms. The maximum atomic E-state index is 14.6. The summed E-state index contributed by atoms with van der Waals surface area (Å²) in [5.41, 5.74) is 0.0993. The number of nitrogens with zero attached hydrogens (tertiary/aromatic N) is 2. The van der Waals surface area contributed by atoms with Gasteiger partial charge in [0.2, 0.25) is 11.8 Å². The van der Waals surface area contributed by atoms with E-state index in [9.17, 15) is 31.2 Å². The Morgan fingerprint density at radius 3 is 2.14 bits per heavy atom. The number of amides is 2. The van der Waals surface area contributed by atoms with Crippen LogP contribution in [0.25, 0.3) is 0 Å². The van der Waals surface area contributed by atoms with Gasteiger partial charge < -0.3 is 10.2 Å². The first-order valence-electron chi connectivity index (χ1n) is 15.5. The molecule has 4 aromatic rings. The Labute approximate surface area is 305 Å². The molecule has 0 aliphatic rings. The number of benzene rings is 4. The number of anilines is 1. The molecule has 50 heavy (non-hydrogen) atoms. The van der Waals surface area contributed by atoms with Crippen LogP contribution in [0.2, 0.25) is 15.1 Å². The van der Waals surface area contributed by atoms with Crippen LogP contribution < -0.4 is 9.62 Å². The summed E-state index contributed by atoms with van der Waals surface area (Å²) < 4.78 is 71.0. The van der Waals surface area contributed by atoms with Crippen LogP contribution in [0.3, 0.4) is 0 Å². The fourth-order valence-electron chi connectivity index (χ4n) is 5.08. The number of hydrogen-bond acceptors (Lipinski definition) is 4. The van der Waals surface area contributed by atoms with E-state index in [0.29, 0.717) is 32.9 Å². The van der Waals surface area contributed by atoms with Gasteiger partial charge in [0.15, 0.2) is 0 Å². The Morgan fingerprint density at radius 1 is 0.880 bits per heavy atom. The van der Waals surface area contributed by atoms with Gasteiger partial charge in [-0.3, -0.25) is 13.9 Å². The molecule has 7 nitrogen and oxygen atoms in total. The zero-order valence-corrected chi connectivity index (χ0v) is 30.4.